The van der Waals surface area contributed by atoms with Crippen molar-refractivity contribution < 1.29 is 4.79 Å². The number of benzene rings is 1. The number of carbonyl (C=O) groups is 1. The molecule has 0 aliphatic carbocycles. The molecular formula is C14H16N2O. The van der Waals surface area contributed by atoms with Gasteiger partial charge < -0.3 is 10.1 Å². The number of rotatable bonds is 2. The summed E-state index contributed by atoms with van der Waals surface area (Å²) in [5.74, 6) is -0.234. The standard InChI is InChI=1S/C14H16N2O/c1-10-13(9-17)8-15-11(2)16-14(10)12-6-4-3-5-7-12/h3-9,11,13,16H,1-2H3. The van der Waals surface area contributed by atoms with E-state index in [2.05, 4.69) is 10.3 Å². The van der Waals surface area contributed by atoms with Gasteiger partial charge in [-0.25, -0.2) is 0 Å². The number of aliphatic imine (C=N–C) groups is 1. The molecule has 17 heavy (non-hydrogen) atoms. The van der Waals surface area contributed by atoms with E-state index in [4.69, 9.17) is 0 Å². The Kier molecular flexibility index (Phi) is 3.38. The Balaban J connectivity index is 2.46. The molecule has 3 nitrogen and oxygen atoms in total. The molecule has 0 fully saturated rings. The van der Waals surface area contributed by atoms with Crippen molar-refractivity contribution in [3.8, 4) is 0 Å². The van der Waals surface area contributed by atoms with E-state index >= 15 is 0 Å². The van der Waals surface area contributed by atoms with Crippen LogP contribution in [0.4, 0.5) is 0 Å². The zero-order valence-electron chi connectivity index (χ0n) is 10.1. The van der Waals surface area contributed by atoms with Crippen LogP contribution in [0.25, 0.3) is 5.70 Å². The van der Waals surface area contributed by atoms with E-state index in [0.29, 0.717) is 0 Å². The van der Waals surface area contributed by atoms with Crippen molar-refractivity contribution >= 4 is 18.2 Å². The second-order valence-electron chi connectivity index (χ2n) is 4.20. The molecule has 1 heterocycles. The van der Waals surface area contributed by atoms with Gasteiger partial charge in [0.1, 0.15) is 12.5 Å². The molecule has 0 amide bonds. The summed E-state index contributed by atoms with van der Waals surface area (Å²) in [7, 11) is 0. The molecule has 88 valence electrons. The fourth-order valence-electron chi connectivity index (χ4n) is 1.91. The molecule has 0 saturated carbocycles. The van der Waals surface area contributed by atoms with Crippen LogP contribution in [-0.4, -0.2) is 18.7 Å². The number of hydrogen-bond acceptors (Lipinski definition) is 3. The number of hydrogen-bond donors (Lipinski definition) is 1. The van der Waals surface area contributed by atoms with Gasteiger partial charge in [0.2, 0.25) is 0 Å². The average Bonchev–Trinajstić information content (AvgIpc) is 2.50. The molecule has 0 radical (unpaired) electrons. The normalized spacial score (nSPS) is 24.1. The minimum atomic E-state index is -0.234. The topological polar surface area (TPSA) is 41.5 Å². The van der Waals surface area contributed by atoms with Crippen LogP contribution in [0.2, 0.25) is 0 Å². The number of nitrogens with zero attached hydrogens (tertiary/aromatic N) is 1. The fraction of sp³-hybridized carbons (Fsp3) is 0.286. The predicted octanol–water partition coefficient (Wildman–Crippen LogP) is 2.25. The SMILES string of the molecule is CC1=C(c2ccccc2)NC(C)N=CC1C=O. The Morgan fingerprint density at radius 1 is 1.29 bits per heavy atom. The molecule has 1 aliphatic heterocycles. The summed E-state index contributed by atoms with van der Waals surface area (Å²) in [6.45, 7) is 3.94. The van der Waals surface area contributed by atoms with Gasteiger partial charge >= 0.3 is 0 Å². The second kappa shape index (κ2) is 4.95. The number of carbonyl (C=O) groups excluding carboxylic acids is 1. The molecule has 2 atom stereocenters. The van der Waals surface area contributed by atoms with Crippen molar-refractivity contribution in [1.82, 2.24) is 5.32 Å². The van der Waals surface area contributed by atoms with Crippen molar-refractivity contribution in [2.75, 3.05) is 0 Å². The maximum absolute atomic E-state index is 11.1. The molecule has 2 unspecified atom stereocenters. The first-order chi connectivity index (χ1) is 8.22. The van der Waals surface area contributed by atoms with Crippen molar-refractivity contribution in [3.05, 3.63) is 41.5 Å². The molecule has 1 N–H and O–H groups in total. The Morgan fingerprint density at radius 2 is 2.00 bits per heavy atom. The summed E-state index contributed by atoms with van der Waals surface area (Å²) < 4.78 is 0. The van der Waals surface area contributed by atoms with Gasteiger partial charge in [-0.2, -0.15) is 0 Å². The highest BCUT2D eigenvalue weighted by Gasteiger charge is 2.18. The lowest BCUT2D eigenvalue weighted by molar-refractivity contribution is -0.108. The highest BCUT2D eigenvalue weighted by Crippen LogP contribution is 2.22. The van der Waals surface area contributed by atoms with E-state index in [1.54, 1.807) is 6.21 Å². The Morgan fingerprint density at radius 3 is 2.65 bits per heavy atom. The average molecular weight is 228 g/mol. The second-order valence-corrected chi connectivity index (χ2v) is 4.20. The summed E-state index contributed by atoms with van der Waals surface area (Å²) in [4.78, 5) is 15.3. The van der Waals surface area contributed by atoms with Crippen LogP contribution in [-0.2, 0) is 4.79 Å². The Hall–Kier alpha value is -1.90. The molecule has 0 bridgehead atoms. The zero-order chi connectivity index (χ0) is 12.3. The predicted molar refractivity (Wildman–Crippen MR) is 69.7 cm³/mol. The molecule has 0 saturated heterocycles. The van der Waals surface area contributed by atoms with Crippen LogP contribution >= 0.6 is 0 Å². The minimum absolute atomic E-state index is 0.00916. The molecule has 1 aromatic rings. The summed E-state index contributed by atoms with van der Waals surface area (Å²) in [6, 6.07) is 10.0. The van der Waals surface area contributed by atoms with Gasteiger partial charge in [0, 0.05) is 11.9 Å². The monoisotopic (exact) mass is 228 g/mol. The lowest BCUT2D eigenvalue weighted by Gasteiger charge is -2.16. The van der Waals surface area contributed by atoms with Crippen LogP contribution in [0.15, 0.2) is 40.9 Å². The molecule has 3 heteroatoms. The summed E-state index contributed by atoms with van der Waals surface area (Å²) in [6.07, 6.45) is 2.64. The highest BCUT2D eigenvalue weighted by atomic mass is 16.1. The quantitative estimate of drug-likeness (QED) is 0.789. The lowest BCUT2D eigenvalue weighted by Crippen LogP contribution is -2.22. The third-order valence-corrected chi connectivity index (χ3v) is 2.93. The van der Waals surface area contributed by atoms with Crippen molar-refractivity contribution in [1.29, 1.82) is 0 Å². The van der Waals surface area contributed by atoms with Gasteiger partial charge in [-0.3, -0.25) is 4.99 Å². The number of nitrogens with one attached hydrogen (secondary N) is 1. The maximum atomic E-state index is 11.1. The van der Waals surface area contributed by atoms with Crippen LogP contribution < -0.4 is 5.32 Å². The third kappa shape index (κ3) is 2.44. The Bertz CT molecular complexity index is 462. The highest BCUT2D eigenvalue weighted by molar-refractivity contribution is 5.89. The van der Waals surface area contributed by atoms with Crippen molar-refractivity contribution in [3.63, 3.8) is 0 Å². The van der Waals surface area contributed by atoms with E-state index in [1.807, 2.05) is 44.2 Å². The van der Waals surface area contributed by atoms with E-state index in [-0.39, 0.29) is 12.1 Å². The molecule has 2 rings (SSSR count). The first-order valence-electron chi connectivity index (χ1n) is 5.73. The first-order valence-corrected chi connectivity index (χ1v) is 5.73. The fourth-order valence-corrected chi connectivity index (χ4v) is 1.91. The third-order valence-electron chi connectivity index (χ3n) is 2.93. The minimum Gasteiger partial charge on any atom is -0.364 e. The lowest BCUT2D eigenvalue weighted by atomic mass is 9.98. The summed E-state index contributed by atoms with van der Waals surface area (Å²) in [5.41, 5.74) is 3.11. The smallest absolute Gasteiger partial charge is 0.132 e. The Labute approximate surface area is 101 Å². The van der Waals surface area contributed by atoms with E-state index < -0.39 is 0 Å². The number of allylic oxidation sites excluding steroid dienone is 1. The van der Waals surface area contributed by atoms with Crippen LogP contribution in [0.3, 0.4) is 0 Å². The summed E-state index contributed by atoms with van der Waals surface area (Å²) in [5, 5.41) is 3.33. The van der Waals surface area contributed by atoms with Gasteiger partial charge in [-0.1, -0.05) is 30.3 Å². The number of aldehydes is 1. The van der Waals surface area contributed by atoms with Crippen molar-refractivity contribution in [2.45, 2.75) is 20.0 Å². The molecule has 1 aromatic carbocycles. The van der Waals surface area contributed by atoms with Crippen LogP contribution in [0.1, 0.15) is 19.4 Å². The van der Waals surface area contributed by atoms with E-state index in [1.165, 1.54) is 0 Å². The molecular weight excluding hydrogens is 212 g/mol. The largest absolute Gasteiger partial charge is 0.364 e. The van der Waals surface area contributed by atoms with Gasteiger partial charge in [0.05, 0.1) is 5.92 Å². The van der Waals surface area contributed by atoms with Gasteiger partial charge in [-0.15, -0.1) is 0 Å². The van der Waals surface area contributed by atoms with Crippen LogP contribution in [0.5, 0.6) is 0 Å². The van der Waals surface area contributed by atoms with Crippen LogP contribution in [0, 0.1) is 5.92 Å². The van der Waals surface area contributed by atoms with Gasteiger partial charge in [0.25, 0.3) is 0 Å². The molecule has 1 aliphatic rings. The van der Waals surface area contributed by atoms with Gasteiger partial charge in [-0.05, 0) is 25.0 Å². The zero-order valence-corrected chi connectivity index (χ0v) is 10.1. The molecule has 0 spiro atoms. The van der Waals surface area contributed by atoms with Gasteiger partial charge in [0.15, 0.2) is 0 Å². The first kappa shape index (κ1) is 11.6. The van der Waals surface area contributed by atoms with Crippen molar-refractivity contribution in [2.24, 2.45) is 10.9 Å². The molecule has 0 aromatic heterocycles. The summed E-state index contributed by atoms with van der Waals surface area (Å²) >= 11 is 0. The van der Waals surface area contributed by atoms with E-state index in [0.717, 1.165) is 23.1 Å². The van der Waals surface area contributed by atoms with E-state index in [9.17, 15) is 4.79 Å². The maximum Gasteiger partial charge on any atom is 0.132 e.